The van der Waals surface area contributed by atoms with E-state index in [2.05, 4.69) is 45.0 Å². The maximum Gasteiger partial charge on any atom is 0.0880 e. The second-order valence-corrected chi connectivity index (χ2v) is 4.12. The molecule has 0 bridgehead atoms. The maximum atomic E-state index is 8.17. The minimum Gasteiger partial charge on any atom is -0.354 e. The monoisotopic (exact) mass is 246 g/mol. The Labute approximate surface area is 109 Å². The molecule has 1 heterocycles. The lowest BCUT2D eigenvalue weighted by Gasteiger charge is -1.92. The molecule has 0 aliphatic heterocycles. The van der Waals surface area contributed by atoms with Crippen molar-refractivity contribution in [1.29, 1.82) is 0 Å². The minimum absolute atomic E-state index is 0.196. The summed E-state index contributed by atoms with van der Waals surface area (Å²) in [5.74, 6) is 5.80. The van der Waals surface area contributed by atoms with Crippen LogP contribution in [0.4, 0.5) is 0 Å². The Morgan fingerprint density at radius 2 is 1.95 bits per heavy atom. The van der Waals surface area contributed by atoms with E-state index in [0.29, 0.717) is 0 Å². The van der Waals surface area contributed by atoms with Gasteiger partial charge in [-0.25, -0.2) is 0 Å². The zero-order valence-corrected chi connectivity index (χ0v) is 10.1. The van der Waals surface area contributed by atoms with Crippen molar-refractivity contribution in [1.82, 2.24) is 4.98 Å². The first kappa shape index (κ1) is 11.2. The number of azide groups is 1. The molecule has 0 saturated heterocycles. The van der Waals surface area contributed by atoms with Gasteiger partial charge in [-0.2, -0.15) is 0 Å². The van der Waals surface area contributed by atoms with Crippen LogP contribution < -0.4 is 0 Å². The molecule has 3 aromatic rings. The SMILES string of the molecule is [N-]=[N+]=NCC#Cc1ccc2c(c1)[nH]c1ccccc12. The van der Waals surface area contributed by atoms with Crippen molar-refractivity contribution in [2.45, 2.75) is 0 Å². The molecule has 0 atom stereocenters. The first-order chi connectivity index (χ1) is 9.38. The lowest BCUT2D eigenvalue weighted by atomic mass is 10.1. The van der Waals surface area contributed by atoms with Crippen molar-refractivity contribution in [3.05, 3.63) is 58.5 Å². The number of benzene rings is 2. The standard InChI is InChI=1S/C15H10N4/c16-19-17-9-3-4-11-7-8-13-12-5-1-2-6-14(12)18-15(13)10-11/h1-2,5-8,10,18H,9H2. The highest BCUT2D eigenvalue weighted by Gasteiger charge is 2.02. The first-order valence-electron chi connectivity index (χ1n) is 5.89. The van der Waals surface area contributed by atoms with Gasteiger partial charge in [0.15, 0.2) is 0 Å². The van der Waals surface area contributed by atoms with Crippen molar-refractivity contribution in [3.8, 4) is 11.8 Å². The smallest absolute Gasteiger partial charge is 0.0880 e. The van der Waals surface area contributed by atoms with Crippen LogP contribution in [-0.4, -0.2) is 11.5 Å². The molecule has 3 rings (SSSR count). The van der Waals surface area contributed by atoms with Gasteiger partial charge in [0.05, 0.1) is 6.54 Å². The quantitative estimate of drug-likeness (QED) is 0.292. The van der Waals surface area contributed by atoms with Crippen LogP contribution in [0, 0.1) is 11.8 Å². The topological polar surface area (TPSA) is 64.6 Å². The fraction of sp³-hybridized carbons (Fsp3) is 0.0667. The highest BCUT2D eigenvalue weighted by Crippen LogP contribution is 2.25. The second-order valence-electron chi connectivity index (χ2n) is 4.12. The summed E-state index contributed by atoms with van der Waals surface area (Å²) in [6.45, 7) is 0.196. The Kier molecular flexibility index (Phi) is 2.82. The summed E-state index contributed by atoms with van der Waals surface area (Å²) < 4.78 is 0. The van der Waals surface area contributed by atoms with Crippen LogP contribution in [0.5, 0.6) is 0 Å². The molecule has 2 aromatic carbocycles. The van der Waals surface area contributed by atoms with E-state index in [4.69, 9.17) is 5.53 Å². The van der Waals surface area contributed by atoms with E-state index in [0.717, 1.165) is 16.6 Å². The lowest BCUT2D eigenvalue weighted by Crippen LogP contribution is -1.76. The second kappa shape index (κ2) is 4.77. The van der Waals surface area contributed by atoms with Gasteiger partial charge in [-0.1, -0.05) is 41.2 Å². The van der Waals surface area contributed by atoms with Gasteiger partial charge >= 0.3 is 0 Å². The number of nitrogens with one attached hydrogen (secondary N) is 1. The lowest BCUT2D eigenvalue weighted by molar-refractivity contribution is 1.25. The summed E-state index contributed by atoms with van der Waals surface area (Å²) in [7, 11) is 0. The summed E-state index contributed by atoms with van der Waals surface area (Å²) in [4.78, 5) is 6.03. The molecule has 0 aliphatic rings. The summed E-state index contributed by atoms with van der Waals surface area (Å²) in [5, 5.41) is 5.79. The van der Waals surface area contributed by atoms with E-state index in [-0.39, 0.29) is 6.54 Å². The Hall–Kier alpha value is -2.89. The molecule has 0 unspecified atom stereocenters. The number of H-pyrrole nitrogens is 1. The Morgan fingerprint density at radius 3 is 2.84 bits per heavy atom. The first-order valence-corrected chi connectivity index (χ1v) is 5.89. The number of fused-ring (bicyclic) bond motifs is 3. The van der Waals surface area contributed by atoms with Gasteiger partial charge in [0.25, 0.3) is 0 Å². The average Bonchev–Trinajstić information content (AvgIpc) is 2.81. The van der Waals surface area contributed by atoms with Gasteiger partial charge in [0, 0.05) is 32.3 Å². The van der Waals surface area contributed by atoms with Gasteiger partial charge in [-0.3, -0.25) is 0 Å². The van der Waals surface area contributed by atoms with Gasteiger partial charge in [0.1, 0.15) is 0 Å². The van der Waals surface area contributed by atoms with Crippen LogP contribution in [0.2, 0.25) is 0 Å². The maximum absolute atomic E-state index is 8.17. The summed E-state index contributed by atoms with van der Waals surface area (Å²) in [6, 6.07) is 14.3. The summed E-state index contributed by atoms with van der Waals surface area (Å²) in [5.41, 5.74) is 11.3. The van der Waals surface area contributed by atoms with E-state index in [1.54, 1.807) is 0 Å². The van der Waals surface area contributed by atoms with Crippen LogP contribution in [-0.2, 0) is 0 Å². The van der Waals surface area contributed by atoms with Crippen molar-refractivity contribution >= 4 is 21.8 Å². The number of para-hydroxylation sites is 1. The van der Waals surface area contributed by atoms with Crippen molar-refractivity contribution in [3.63, 3.8) is 0 Å². The fourth-order valence-corrected chi connectivity index (χ4v) is 2.14. The minimum atomic E-state index is 0.196. The molecule has 1 N–H and O–H groups in total. The predicted molar refractivity (Wildman–Crippen MR) is 76.7 cm³/mol. The van der Waals surface area contributed by atoms with Crippen molar-refractivity contribution in [2.24, 2.45) is 5.11 Å². The van der Waals surface area contributed by atoms with Crippen LogP contribution in [0.3, 0.4) is 0 Å². The number of aromatic nitrogens is 1. The van der Waals surface area contributed by atoms with E-state index in [1.807, 2.05) is 24.3 Å². The fourth-order valence-electron chi connectivity index (χ4n) is 2.14. The van der Waals surface area contributed by atoms with E-state index in [1.165, 1.54) is 10.8 Å². The largest absolute Gasteiger partial charge is 0.354 e. The van der Waals surface area contributed by atoms with Crippen LogP contribution >= 0.6 is 0 Å². The van der Waals surface area contributed by atoms with Crippen LogP contribution in [0.25, 0.3) is 32.2 Å². The molecule has 0 amide bonds. The molecule has 0 spiro atoms. The average molecular weight is 246 g/mol. The van der Waals surface area contributed by atoms with E-state index in [9.17, 15) is 0 Å². The van der Waals surface area contributed by atoms with Gasteiger partial charge in [-0.15, -0.1) is 0 Å². The van der Waals surface area contributed by atoms with E-state index >= 15 is 0 Å². The highest BCUT2D eigenvalue weighted by atomic mass is 15.1. The third-order valence-corrected chi connectivity index (χ3v) is 2.95. The number of aromatic amines is 1. The number of rotatable bonds is 1. The predicted octanol–water partition coefficient (Wildman–Crippen LogP) is 3.98. The third-order valence-electron chi connectivity index (χ3n) is 2.95. The molecule has 0 saturated carbocycles. The molecule has 0 fully saturated rings. The molecular formula is C15H10N4. The molecule has 19 heavy (non-hydrogen) atoms. The number of hydrogen-bond acceptors (Lipinski definition) is 1. The molecule has 1 aromatic heterocycles. The number of hydrogen-bond donors (Lipinski definition) is 1. The number of nitrogens with zero attached hydrogens (tertiary/aromatic N) is 3. The van der Waals surface area contributed by atoms with Crippen molar-refractivity contribution in [2.75, 3.05) is 6.54 Å². The summed E-state index contributed by atoms with van der Waals surface area (Å²) >= 11 is 0. The van der Waals surface area contributed by atoms with Gasteiger partial charge in [0.2, 0.25) is 0 Å². The Morgan fingerprint density at radius 1 is 1.11 bits per heavy atom. The third kappa shape index (κ3) is 2.11. The molecular weight excluding hydrogens is 236 g/mol. The van der Waals surface area contributed by atoms with E-state index < -0.39 is 0 Å². The molecule has 4 nitrogen and oxygen atoms in total. The molecule has 4 heteroatoms. The van der Waals surface area contributed by atoms with Crippen LogP contribution in [0.1, 0.15) is 5.56 Å². The van der Waals surface area contributed by atoms with Crippen molar-refractivity contribution < 1.29 is 0 Å². The van der Waals surface area contributed by atoms with Gasteiger partial charge < -0.3 is 4.98 Å². The normalized spacial score (nSPS) is 9.89. The van der Waals surface area contributed by atoms with Crippen LogP contribution in [0.15, 0.2) is 47.6 Å². The molecule has 0 aliphatic carbocycles. The van der Waals surface area contributed by atoms with Gasteiger partial charge in [-0.05, 0) is 23.7 Å². The zero-order valence-electron chi connectivity index (χ0n) is 10.1. The Bertz CT molecular complexity index is 858. The zero-order chi connectivity index (χ0) is 13.1. The Balaban J connectivity index is 2.07. The summed E-state index contributed by atoms with van der Waals surface area (Å²) in [6.07, 6.45) is 0. The highest BCUT2D eigenvalue weighted by molar-refractivity contribution is 6.07. The molecule has 0 radical (unpaired) electrons. The molecule has 90 valence electrons.